The normalized spacial score (nSPS) is 12.6. The first-order chi connectivity index (χ1) is 4.72. The maximum absolute atomic E-state index is 8.35. The van der Waals surface area contributed by atoms with Crippen molar-refractivity contribution in [3.63, 3.8) is 0 Å². The number of hydrogen-bond acceptors (Lipinski definition) is 2. The molecule has 0 aliphatic heterocycles. The third-order valence-electron chi connectivity index (χ3n) is 1.56. The van der Waals surface area contributed by atoms with Crippen molar-refractivity contribution in [2.24, 2.45) is 0 Å². The minimum atomic E-state index is 0.336. The smallest absolute Gasteiger partial charge is 0.0638 e. The molecule has 56 valence electrons. The Bertz CT molecular complexity index is 135. The second-order valence-electron chi connectivity index (χ2n) is 2.44. The van der Waals surface area contributed by atoms with Crippen LogP contribution in [0.2, 0.25) is 0 Å². The number of nitriles is 1. The van der Waals surface area contributed by atoms with E-state index in [0.717, 1.165) is 6.54 Å². The van der Waals surface area contributed by atoms with E-state index in [1.807, 2.05) is 20.0 Å². The van der Waals surface area contributed by atoms with Crippen molar-refractivity contribution < 1.29 is 0 Å². The largest absolute Gasteiger partial charge is 0.299 e. The lowest BCUT2D eigenvalue weighted by Crippen LogP contribution is -2.28. The first-order valence-electron chi connectivity index (χ1n) is 3.40. The molecule has 0 heterocycles. The van der Waals surface area contributed by atoms with Crippen molar-refractivity contribution >= 4 is 0 Å². The van der Waals surface area contributed by atoms with E-state index in [1.54, 1.807) is 0 Å². The lowest BCUT2D eigenvalue weighted by atomic mass is 10.2. The molecular formula is C8H14N2. The van der Waals surface area contributed by atoms with E-state index in [4.69, 9.17) is 5.26 Å². The Hall–Kier alpha value is -0.810. The summed E-state index contributed by atoms with van der Waals surface area (Å²) < 4.78 is 0. The molecule has 0 spiro atoms. The second-order valence-corrected chi connectivity index (χ2v) is 2.44. The van der Waals surface area contributed by atoms with Gasteiger partial charge in [-0.1, -0.05) is 6.08 Å². The van der Waals surface area contributed by atoms with E-state index in [1.165, 1.54) is 0 Å². The topological polar surface area (TPSA) is 27.0 Å². The Morgan fingerprint density at radius 2 is 2.40 bits per heavy atom. The van der Waals surface area contributed by atoms with Crippen LogP contribution in [0, 0.1) is 11.3 Å². The van der Waals surface area contributed by atoms with E-state index < -0.39 is 0 Å². The first kappa shape index (κ1) is 9.19. The third-order valence-corrected chi connectivity index (χ3v) is 1.56. The van der Waals surface area contributed by atoms with Gasteiger partial charge in [0, 0.05) is 12.6 Å². The van der Waals surface area contributed by atoms with Crippen LogP contribution in [0.4, 0.5) is 0 Å². The van der Waals surface area contributed by atoms with Gasteiger partial charge in [0.25, 0.3) is 0 Å². The highest BCUT2D eigenvalue weighted by atomic mass is 15.1. The average Bonchev–Trinajstić information content (AvgIpc) is 1.89. The quantitative estimate of drug-likeness (QED) is 0.549. The first-order valence-corrected chi connectivity index (χ1v) is 3.40. The highest BCUT2D eigenvalue weighted by Crippen LogP contribution is 1.98. The summed E-state index contributed by atoms with van der Waals surface area (Å²) in [4.78, 5) is 2.09. The van der Waals surface area contributed by atoms with E-state index in [-0.39, 0.29) is 0 Å². The molecular weight excluding hydrogens is 124 g/mol. The van der Waals surface area contributed by atoms with Gasteiger partial charge in [-0.15, -0.1) is 6.58 Å². The van der Waals surface area contributed by atoms with E-state index in [9.17, 15) is 0 Å². The van der Waals surface area contributed by atoms with Gasteiger partial charge in [-0.2, -0.15) is 5.26 Å². The van der Waals surface area contributed by atoms with E-state index in [2.05, 4.69) is 17.5 Å². The zero-order valence-electron chi connectivity index (χ0n) is 6.67. The average molecular weight is 138 g/mol. The fourth-order valence-electron chi connectivity index (χ4n) is 0.672. The van der Waals surface area contributed by atoms with Crippen LogP contribution in [-0.2, 0) is 0 Å². The van der Waals surface area contributed by atoms with E-state index in [0.29, 0.717) is 12.5 Å². The standard InChI is InChI=1S/C8H14N2/c1-4-7-10(3)8(2)5-6-9/h4,8H,1,5,7H2,2-3H3. The molecule has 0 saturated carbocycles. The van der Waals surface area contributed by atoms with Crippen molar-refractivity contribution in [1.29, 1.82) is 5.26 Å². The van der Waals surface area contributed by atoms with Gasteiger partial charge >= 0.3 is 0 Å². The van der Waals surface area contributed by atoms with Crippen LogP contribution in [0.5, 0.6) is 0 Å². The van der Waals surface area contributed by atoms with Crippen LogP contribution in [0.15, 0.2) is 12.7 Å². The molecule has 1 atom stereocenters. The van der Waals surface area contributed by atoms with Crippen molar-refractivity contribution in [1.82, 2.24) is 4.90 Å². The van der Waals surface area contributed by atoms with Crippen molar-refractivity contribution in [3.8, 4) is 6.07 Å². The molecule has 2 heteroatoms. The molecule has 1 unspecified atom stereocenters. The summed E-state index contributed by atoms with van der Waals surface area (Å²) in [5.41, 5.74) is 0. The van der Waals surface area contributed by atoms with Gasteiger partial charge in [0.05, 0.1) is 12.5 Å². The molecule has 0 rings (SSSR count). The maximum atomic E-state index is 8.35. The van der Waals surface area contributed by atoms with Crippen LogP contribution in [0.3, 0.4) is 0 Å². The molecule has 0 fully saturated rings. The molecule has 0 aromatic carbocycles. The van der Waals surface area contributed by atoms with Crippen molar-refractivity contribution in [2.75, 3.05) is 13.6 Å². The predicted octanol–water partition coefficient (Wildman–Crippen LogP) is 1.41. The summed E-state index contributed by atoms with van der Waals surface area (Å²) in [6, 6.07) is 2.47. The second kappa shape index (κ2) is 5.01. The number of likely N-dealkylation sites (N-methyl/N-ethyl adjacent to an activating group) is 1. The summed E-state index contributed by atoms with van der Waals surface area (Å²) in [6.45, 7) is 6.50. The van der Waals surface area contributed by atoms with Crippen molar-refractivity contribution in [3.05, 3.63) is 12.7 Å². The summed E-state index contributed by atoms with van der Waals surface area (Å²) >= 11 is 0. The Morgan fingerprint density at radius 1 is 1.80 bits per heavy atom. The molecule has 10 heavy (non-hydrogen) atoms. The Labute approximate surface area is 62.8 Å². The predicted molar refractivity (Wildman–Crippen MR) is 42.5 cm³/mol. The molecule has 0 N–H and O–H groups in total. The summed E-state index contributed by atoms with van der Waals surface area (Å²) in [6.07, 6.45) is 2.43. The van der Waals surface area contributed by atoms with Gasteiger partial charge < -0.3 is 0 Å². The highest BCUT2D eigenvalue weighted by Gasteiger charge is 2.04. The number of hydrogen-bond donors (Lipinski definition) is 0. The number of rotatable bonds is 4. The van der Waals surface area contributed by atoms with Gasteiger partial charge in [0.1, 0.15) is 0 Å². The lowest BCUT2D eigenvalue weighted by Gasteiger charge is -2.20. The molecule has 0 aliphatic carbocycles. The molecule has 0 saturated heterocycles. The summed E-state index contributed by atoms with van der Waals surface area (Å²) in [5, 5.41) is 8.35. The molecule has 0 amide bonds. The molecule has 0 aromatic rings. The fraction of sp³-hybridized carbons (Fsp3) is 0.625. The lowest BCUT2D eigenvalue weighted by molar-refractivity contribution is 0.288. The highest BCUT2D eigenvalue weighted by molar-refractivity contribution is 4.81. The third kappa shape index (κ3) is 3.26. The Balaban J connectivity index is 3.60. The Kier molecular flexibility index (Phi) is 4.61. The van der Waals surface area contributed by atoms with Gasteiger partial charge in [-0.3, -0.25) is 4.90 Å². The molecule has 0 bridgehead atoms. The fourth-order valence-corrected chi connectivity index (χ4v) is 0.672. The van der Waals surface area contributed by atoms with Crippen molar-refractivity contribution in [2.45, 2.75) is 19.4 Å². The molecule has 0 radical (unpaired) electrons. The van der Waals surface area contributed by atoms with Crippen LogP contribution in [0.1, 0.15) is 13.3 Å². The van der Waals surface area contributed by atoms with E-state index >= 15 is 0 Å². The summed E-state index contributed by atoms with van der Waals surface area (Å²) in [5.74, 6) is 0. The zero-order chi connectivity index (χ0) is 7.98. The molecule has 0 aliphatic rings. The minimum Gasteiger partial charge on any atom is -0.299 e. The summed E-state index contributed by atoms with van der Waals surface area (Å²) in [7, 11) is 1.99. The number of nitrogens with zero attached hydrogens (tertiary/aromatic N) is 2. The molecule has 0 aromatic heterocycles. The zero-order valence-corrected chi connectivity index (χ0v) is 6.67. The maximum Gasteiger partial charge on any atom is 0.0638 e. The minimum absolute atomic E-state index is 0.336. The van der Waals surface area contributed by atoms with Gasteiger partial charge in [-0.25, -0.2) is 0 Å². The van der Waals surface area contributed by atoms with Crippen LogP contribution in [-0.4, -0.2) is 24.5 Å². The van der Waals surface area contributed by atoms with Gasteiger partial charge in [0.2, 0.25) is 0 Å². The van der Waals surface area contributed by atoms with Gasteiger partial charge in [0.15, 0.2) is 0 Å². The van der Waals surface area contributed by atoms with Crippen LogP contribution in [0.25, 0.3) is 0 Å². The van der Waals surface area contributed by atoms with Crippen LogP contribution >= 0.6 is 0 Å². The Morgan fingerprint density at radius 3 is 2.80 bits per heavy atom. The monoisotopic (exact) mass is 138 g/mol. The van der Waals surface area contributed by atoms with Crippen LogP contribution < -0.4 is 0 Å². The SMILES string of the molecule is C=CCN(C)C(C)CC#N. The molecule has 2 nitrogen and oxygen atoms in total. The van der Waals surface area contributed by atoms with Gasteiger partial charge in [-0.05, 0) is 14.0 Å².